The predicted molar refractivity (Wildman–Crippen MR) is 94.8 cm³/mol. The van der Waals surface area contributed by atoms with E-state index in [9.17, 15) is 13.2 Å². The molecule has 5 nitrogen and oxygen atoms in total. The maximum atomic E-state index is 13.0. The highest BCUT2D eigenvalue weighted by molar-refractivity contribution is 7.91. The van der Waals surface area contributed by atoms with Crippen LogP contribution in [0.5, 0.6) is 0 Å². The minimum atomic E-state index is -3.73. The first-order valence-corrected chi connectivity index (χ1v) is 10.2. The zero-order chi connectivity index (χ0) is 17.3. The molecule has 1 aliphatic heterocycles. The van der Waals surface area contributed by atoms with E-state index in [-0.39, 0.29) is 16.7 Å². The van der Waals surface area contributed by atoms with Crippen molar-refractivity contribution in [2.75, 3.05) is 13.1 Å². The van der Waals surface area contributed by atoms with Crippen LogP contribution >= 0.6 is 22.9 Å². The molecule has 1 unspecified atom stereocenters. The fraction of sp³-hybridized carbons (Fsp3) is 0.312. The van der Waals surface area contributed by atoms with Gasteiger partial charge in [0.1, 0.15) is 10.3 Å². The van der Waals surface area contributed by atoms with Gasteiger partial charge in [-0.2, -0.15) is 4.31 Å². The normalized spacial score (nSPS) is 19.2. The van der Waals surface area contributed by atoms with E-state index >= 15 is 0 Å². The smallest absolute Gasteiger partial charge is 0.253 e. The minimum absolute atomic E-state index is 0.237. The Morgan fingerprint density at radius 1 is 1.25 bits per heavy atom. The molecule has 0 radical (unpaired) electrons. The number of nitrogens with one attached hydrogen (secondary N) is 1. The lowest BCUT2D eigenvalue weighted by Gasteiger charge is -2.33. The molecule has 1 saturated heterocycles. The summed E-state index contributed by atoms with van der Waals surface area (Å²) in [6.07, 6.45) is 0.779. The summed E-state index contributed by atoms with van der Waals surface area (Å²) < 4.78 is 27.6. The van der Waals surface area contributed by atoms with Crippen molar-refractivity contribution in [2.24, 2.45) is 0 Å². The maximum Gasteiger partial charge on any atom is 0.253 e. The van der Waals surface area contributed by atoms with Crippen LogP contribution in [0.4, 0.5) is 0 Å². The van der Waals surface area contributed by atoms with Crippen LogP contribution in [0.15, 0.2) is 40.6 Å². The van der Waals surface area contributed by atoms with Crippen molar-refractivity contribution in [3.63, 3.8) is 0 Å². The number of halogens is 1. The molecule has 3 rings (SSSR count). The van der Waals surface area contributed by atoms with Crippen LogP contribution in [0.2, 0.25) is 5.02 Å². The number of thiophene rings is 1. The Bertz CT molecular complexity index is 846. The van der Waals surface area contributed by atoms with E-state index in [2.05, 4.69) is 5.32 Å². The van der Waals surface area contributed by atoms with Crippen LogP contribution in [-0.4, -0.2) is 31.7 Å². The molecule has 8 heteroatoms. The summed E-state index contributed by atoms with van der Waals surface area (Å²) in [6.45, 7) is 2.52. The molecule has 1 aliphatic rings. The molecule has 128 valence electrons. The Kier molecular flexibility index (Phi) is 4.96. The van der Waals surface area contributed by atoms with Crippen LogP contribution < -0.4 is 5.32 Å². The minimum Gasteiger partial charge on any atom is -0.353 e. The Hall–Kier alpha value is -1.41. The highest BCUT2D eigenvalue weighted by Crippen LogP contribution is 2.33. The summed E-state index contributed by atoms with van der Waals surface area (Å²) in [5, 5.41) is 3.28. The van der Waals surface area contributed by atoms with Crippen molar-refractivity contribution in [1.82, 2.24) is 9.62 Å². The van der Waals surface area contributed by atoms with Crippen molar-refractivity contribution in [2.45, 2.75) is 23.6 Å². The van der Waals surface area contributed by atoms with Crippen molar-refractivity contribution in [1.29, 1.82) is 0 Å². The highest BCUT2D eigenvalue weighted by Gasteiger charge is 2.40. The lowest BCUT2D eigenvalue weighted by atomic mass is 10.1. The molecule has 1 aromatic heterocycles. The molecule has 24 heavy (non-hydrogen) atoms. The van der Waals surface area contributed by atoms with Gasteiger partial charge < -0.3 is 5.32 Å². The molecule has 1 N–H and O–H groups in total. The first kappa shape index (κ1) is 17.4. The number of hydrogen-bond acceptors (Lipinski definition) is 4. The Labute approximate surface area is 150 Å². The number of benzene rings is 1. The summed E-state index contributed by atoms with van der Waals surface area (Å²) in [5.74, 6) is -0.320. The number of amides is 1. The molecule has 1 aromatic carbocycles. The van der Waals surface area contributed by atoms with E-state index in [4.69, 9.17) is 11.6 Å². The quantitative estimate of drug-likeness (QED) is 0.881. The first-order chi connectivity index (χ1) is 11.4. The van der Waals surface area contributed by atoms with Crippen LogP contribution in [0.3, 0.4) is 0 Å². The van der Waals surface area contributed by atoms with Crippen molar-refractivity contribution < 1.29 is 13.2 Å². The molecular weight excluding hydrogens is 368 g/mol. The van der Waals surface area contributed by atoms with Crippen LogP contribution in [0.25, 0.3) is 0 Å². The van der Waals surface area contributed by atoms with Crippen LogP contribution in [0, 0.1) is 0 Å². The Morgan fingerprint density at radius 3 is 2.58 bits per heavy atom. The second kappa shape index (κ2) is 6.84. The molecule has 0 saturated carbocycles. The summed E-state index contributed by atoms with van der Waals surface area (Å²) in [4.78, 5) is 13.4. The predicted octanol–water partition coefficient (Wildman–Crippen LogP) is 2.83. The molecule has 0 spiro atoms. The lowest BCUT2D eigenvalue weighted by molar-refractivity contribution is -0.126. The highest BCUT2D eigenvalue weighted by atomic mass is 35.5. The first-order valence-electron chi connectivity index (χ1n) is 7.57. The SMILES string of the molecule is CCc1ccc(S(=O)(=O)N2CCNC(=O)C2c2ccc(Cl)cc2)s1. The van der Waals surface area contributed by atoms with E-state index < -0.39 is 16.1 Å². The van der Waals surface area contributed by atoms with Gasteiger partial charge >= 0.3 is 0 Å². The third-order valence-electron chi connectivity index (χ3n) is 3.90. The molecule has 1 atom stereocenters. The number of aryl methyl sites for hydroxylation is 1. The number of rotatable bonds is 4. The van der Waals surface area contributed by atoms with Crippen molar-refractivity contribution in [3.05, 3.63) is 51.9 Å². The largest absolute Gasteiger partial charge is 0.353 e. The summed E-state index contributed by atoms with van der Waals surface area (Å²) >= 11 is 7.15. The number of carbonyl (C=O) groups excluding carboxylic acids is 1. The number of hydrogen-bond donors (Lipinski definition) is 1. The van der Waals surface area contributed by atoms with Gasteiger partial charge in [0.25, 0.3) is 10.0 Å². The fourth-order valence-corrected chi connectivity index (χ4v) is 5.80. The van der Waals surface area contributed by atoms with Crippen molar-refractivity contribution >= 4 is 38.9 Å². The maximum absolute atomic E-state index is 13.0. The Balaban J connectivity index is 2.02. The molecular formula is C16H17ClN2O3S2. The standard InChI is InChI=1S/C16H17ClN2O3S2/c1-2-13-7-8-14(23-13)24(21,22)19-10-9-18-16(20)15(19)11-3-5-12(17)6-4-11/h3-8,15H,2,9-10H2,1H3,(H,18,20). The zero-order valence-corrected chi connectivity index (χ0v) is 15.4. The van der Waals surface area contributed by atoms with Gasteiger partial charge in [0.15, 0.2) is 0 Å². The van der Waals surface area contributed by atoms with Crippen molar-refractivity contribution in [3.8, 4) is 0 Å². The molecule has 2 aromatic rings. The third-order valence-corrected chi connectivity index (χ3v) is 7.72. The van der Waals surface area contributed by atoms with E-state index in [0.29, 0.717) is 17.1 Å². The number of piperazine rings is 1. The van der Waals surface area contributed by atoms with Gasteiger partial charge in [0.2, 0.25) is 5.91 Å². The lowest BCUT2D eigenvalue weighted by Crippen LogP contribution is -2.51. The summed E-state index contributed by atoms with van der Waals surface area (Å²) in [6, 6.07) is 9.24. The average Bonchev–Trinajstić information content (AvgIpc) is 3.05. The van der Waals surface area contributed by atoms with Gasteiger partial charge in [0, 0.05) is 23.0 Å². The zero-order valence-electron chi connectivity index (χ0n) is 13.0. The summed E-state index contributed by atoms with van der Waals surface area (Å²) in [7, 11) is -3.73. The number of sulfonamides is 1. The molecule has 0 aliphatic carbocycles. The molecule has 1 amide bonds. The van der Waals surface area contributed by atoms with Gasteiger partial charge in [-0.3, -0.25) is 4.79 Å². The van der Waals surface area contributed by atoms with Gasteiger partial charge in [-0.25, -0.2) is 8.42 Å². The van der Waals surface area contributed by atoms with Crippen LogP contribution in [0.1, 0.15) is 23.4 Å². The van der Waals surface area contributed by atoms with Gasteiger partial charge in [-0.05, 0) is 36.2 Å². The number of nitrogens with zero attached hydrogens (tertiary/aromatic N) is 1. The summed E-state index contributed by atoms with van der Waals surface area (Å²) in [5.41, 5.74) is 0.604. The van der Waals surface area contributed by atoms with Gasteiger partial charge in [-0.1, -0.05) is 30.7 Å². The Morgan fingerprint density at radius 2 is 1.96 bits per heavy atom. The van der Waals surface area contributed by atoms with E-state index in [1.165, 1.54) is 15.6 Å². The molecule has 1 fully saturated rings. The van der Waals surface area contributed by atoms with Crippen LogP contribution in [-0.2, 0) is 21.2 Å². The van der Waals surface area contributed by atoms with E-state index in [1.54, 1.807) is 30.3 Å². The fourth-order valence-electron chi connectivity index (χ4n) is 2.67. The second-order valence-electron chi connectivity index (χ2n) is 5.44. The molecule has 2 heterocycles. The second-order valence-corrected chi connectivity index (χ2v) is 9.16. The molecule has 0 bridgehead atoms. The van der Waals surface area contributed by atoms with Gasteiger partial charge in [-0.15, -0.1) is 11.3 Å². The van der Waals surface area contributed by atoms with E-state index in [1.807, 2.05) is 13.0 Å². The average molecular weight is 385 g/mol. The number of carbonyl (C=O) groups is 1. The third kappa shape index (κ3) is 3.21. The van der Waals surface area contributed by atoms with Gasteiger partial charge in [0.05, 0.1) is 0 Å². The monoisotopic (exact) mass is 384 g/mol. The van der Waals surface area contributed by atoms with E-state index in [0.717, 1.165) is 11.3 Å². The topological polar surface area (TPSA) is 66.5 Å².